The Hall–Kier alpha value is -2.49. The number of fused-ring (bicyclic) bond motifs is 3. The third-order valence-corrected chi connectivity index (χ3v) is 6.36. The standard InChI is InChI=1S/C21H22N4OS/c1-13(2)25(11-15-8-6-14(10-22)7-9-15)12-18-23-20(26)19-16-4-3-5-17(16)27-21(19)24-18/h6-9,13H,3-5,11-12H2,1-2H3,(H,23,24,26). The van der Waals surface area contributed by atoms with Crippen LogP contribution in [-0.4, -0.2) is 20.9 Å². The van der Waals surface area contributed by atoms with E-state index in [1.165, 1.54) is 10.4 Å². The number of nitrogens with zero attached hydrogens (tertiary/aromatic N) is 3. The zero-order valence-electron chi connectivity index (χ0n) is 15.6. The van der Waals surface area contributed by atoms with E-state index < -0.39 is 0 Å². The third-order valence-electron chi connectivity index (χ3n) is 5.18. The van der Waals surface area contributed by atoms with Crippen LogP contribution in [0.3, 0.4) is 0 Å². The molecule has 0 fully saturated rings. The van der Waals surface area contributed by atoms with E-state index in [1.54, 1.807) is 11.3 Å². The van der Waals surface area contributed by atoms with E-state index in [0.717, 1.165) is 47.4 Å². The number of aryl methyl sites for hydroxylation is 2. The Balaban J connectivity index is 1.60. The van der Waals surface area contributed by atoms with Crippen LogP contribution in [-0.2, 0) is 25.9 Å². The zero-order chi connectivity index (χ0) is 19.0. The molecule has 0 spiro atoms. The van der Waals surface area contributed by atoms with Gasteiger partial charge in [0, 0.05) is 17.5 Å². The van der Waals surface area contributed by atoms with Gasteiger partial charge in [-0.2, -0.15) is 5.26 Å². The van der Waals surface area contributed by atoms with Gasteiger partial charge in [-0.1, -0.05) is 12.1 Å². The van der Waals surface area contributed by atoms with Crippen molar-refractivity contribution in [2.75, 3.05) is 0 Å². The molecule has 27 heavy (non-hydrogen) atoms. The molecule has 0 saturated heterocycles. The summed E-state index contributed by atoms with van der Waals surface area (Å²) in [6.07, 6.45) is 3.21. The second-order valence-corrected chi connectivity index (χ2v) is 8.44. The molecule has 0 amide bonds. The summed E-state index contributed by atoms with van der Waals surface area (Å²) < 4.78 is 0. The van der Waals surface area contributed by atoms with Gasteiger partial charge in [-0.15, -0.1) is 11.3 Å². The highest BCUT2D eigenvalue weighted by Crippen LogP contribution is 2.34. The van der Waals surface area contributed by atoms with E-state index in [0.29, 0.717) is 18.2 Å². The van der Waals surface area contributed by atoms with E-state index in [9.17, 15) is 4.79 Å². The van der Waals surface area contributed by atoms with Crippen LogP contribution in [0.2, 0.25) is 0 Å². The molecule has 1 aliphatic rings. The minimum atomic E-state index is -0.00326. The molecule has 1 aliphatic carbocycles. The number of H-pyrrole nitrogens is 1. The number of nitriles is 1. The maximum Gasteiger partial charge on any atom is 0.259 e. The van der Waals surface area contributed by atoms with Crippen molar-refractivity contribution in [2.45, 2.75) is 52.2 Å². The molecule has 3 aromatic rings. The average molecular weight is 379 g/mol. The number of hydrogen-bond acceptors (Lipinski definition) is 5. The SMILES string of the molecule is CC(C)N(Cc1ccc(C#N)cc1)Cc1nc2sc3c(c2c(=O)[nH]1)CCC3. The van der Waals surface area contributed by atoms with Gasteiger partial charge < -0.3 is 4.98 Å². The number of benzene rings is 1. The monoisotopic (exact) mass is 378 g/mol. The largest absolute Gasteiger partial charge is 0.309 e. The van der Waals surface area contributed by atoms with Crippen molar-refractivity contribution in [1.29, 1.82) is 5.26 Å². The smallest absolute Gasteiger partial charge is 0.259 e. The molecule has 0 aliphatic heterocycles. The van der Waals surface area contributed by atoms with E-state index in [1.807, 2.05) is 24.3 Å². The van der Waals surface area contributed by atoms with Crippen LogP contribution in [0.5, 0.6) is 0 Å². The normalized spacial score (nSPS) is 13.4. The number of thiophene rings is 1. The molecular formula is C21H22N4OS. The fourth-order valence-corrected chi connectivity index (χ4v) is 4.94. The molecule has 1 aromatic carbocycles. The number of aromatic amines is 1. The summed E-state index contributed by atoms with van der Waals surface area (Å²) in [5, 5.41) is 9.75. The van der Waals surface area contributed by atoms with Crippen LogP contribution in [0.1, 0.15) is 47.7 Å². The highest BCUT2D eigenvalue weighted by Gasteiger charge is 2.22. The second-order valence-electron chi connectivity index (χ2n) is 7.36. The molecule has 0 radical (unpaired) electrons. The summed E-state index contributed by atoms with van der Waals surface area (Å²) in [7, 11) is 0. The first-order valence-electron chi connectivity index (χ1n) is 9.31. The average Bonchev–Trinajstić information content (AvgIpc) is 3.22. The zero-order valence-corrected chi connectivity index (χ0v) is 16.4. The lowest BCUT2D eigenvalue weighted by Gasteiger charge is -2.26. The van der Waals surface area contributed by atoms with Gasteiger partial charge in [0.1, 0.15) is 10.7 Å². The van der Waals surface area contributed by atoms with E-state index >= 15 is 0 Å². The van der Waals surface area contributed by atoms with Crippen LogP contribution in [0, 0.1) is 11.3 Å². The fraction of sp³-hybridized carbons (Fsp3) is 0.381. The maximum absolute atomic E-state index is 12.7. The van der Waals surface area contributed by atoms with E-state index in [2.05, 4.69) is 29.8 Å². The molecule has 138 valence electrons. The molecule has 0 unspecified atom stereocenters. The van der Waals surface area contributed by atoms with E-state index in [-0.39, 0.29) is 5.56 Å². The number of hydrogen-bond donors (Lipinski definition) is 1. The molecule has 0 saturated carbocycles. The summed E-state index contributed by atoms with van der Waals surface area (Å²) in [5.41, 5.74) is 3.02. The first-order valence-corrected chi connectivity index (χ1v) is 10.1. The number of aromatic nitrogens is 2. The Morgan fingerprint density at radius 2 is 2.04 bits per heavy atom. The van der Waals surface area contributed by atoms with Crippen molar-refractivity contribution in [3.05, 3.63) is 62.0 Å². The van der Waals surface area contributed by atoms with E-state index in [4.69, 9.17) is 10.2 Å². The van der Waals surface area contributed by atoms with Gasteiger partial charge >= 0.3 is 0 Å². The number of nitrogens with one attached hydrogen (secondary N) is 1. The van der Waals surface area contributed by atoms with Gasteiger partial charge in [0.15, 0.2) is 0 Å². The predicted molar refractivity (Wildman–Crippen MR) is 108 cm³/mol. The molecule has 5 nitrogen and oxygen atoms in total. The third kappa shape index (κ3) is 3.53. The second kappa shape index (κ2) is 7.26. The summed E-state index contributed by atoms with van der Waals surface area (Å²) in [4.78, 5) is 24.9. The first-order chi connectivity index (χ1) is 13.0. The molecule has 1 N–H and O–H groups in total. The van der Waals surface area contributed by atoms with Gasteiger partial charge in [0.25, 0.3) is 5.56 Å². The predicted octanol–water partition coefficient (Wildman–Crippen LogP) is 3.76. The molecule has 0 bridgehead atoms. The van der Waals surface area contributed by atoms with Crippen LogP contribution in [0.4, 0.5) is 0 Å². The van der Waals surface area contributed by atoms with Crippen molar-refractivity contribution in [2.24, 2.45) is 0 Å². The van der Waals surface area contributed by atoms with Gasteiger partial charge in [-0.3, -0.25) is 9.69 Å². The lowest BCUT2D eigenvalue weighted by molar-refractivity contribution is 0.198. The molecule has 2 heterocycles. The Morgan fingerprint density at radius 1 is 1.26 bits per heavy atom. The van der Waals surface area contributed by atoms with Gasteiger partial charge in [0.05, 0.1) is 23.6 Å². The minimum absolute atomic E-state index is 0.00326. The summed E-state index contributed by atoms with van der Waals surface area (Å²) in [6, 6.07) is 10.1. The Labute approximate surface area is 162 Å². The lowest BCUT2D eigenvalue weighted by Crippen LogP contribution is -2.31. The maximum atomic E-state index is 12.7. The quantitative estimate of drug-likeness (QED) is 0.734. The first kappa shape index (κ1) is 17.9. The Morgan fingerprint density at radius 3 is 2.74 bits per heavy atom. The van der Waals surface area contributed by atoms with Gasteiger partial charge in [-0.25, -0.2) is 4.98 Å². The van der Waals surface area contributed by atoms with Crippen LogP contribution >= 0.6 is 11.3 Å². The van der Waals surface area contributed by atoms with Crippen molar-refractivity contribution in [3.63, 3.8) is 0 Å². The minimum Gasteiger partial charge on any atom is -0.309 e. The molecular weight excluding hydrogens is 356 g/mol. The highest BCUT2D eigenvalue weighted by molar-refractivity contribution is 7.18. The van der Waals surface area contributed by atoms with Gasteiger partial charge in [-0.05, 0) is 56.4 Å². The van der Waals surface area contributed by atoms with Crippen molar-refractivity contribution < 1.29 is 0 Å². The summed E-state index contributed by atoms with van der Waals surface area (Å²) in [5.74, 6) is 0.717. The molecule has 0 atom stereocenters. The highest BCUT2D eigenvalue weighted by atomic mass is 32.1. The fourth-order valence-electron chi connectivity index (χ4n) is 3.65. The summed E-state index contributed by atoms with van der Waals surface area (Å²) in [6.45, 7) is 5.61. The van der Waals surface area contributed by atoms with Crippen LogP contribution in [0.25, 0.3) is 10.2 Å². The van der Waals surface area contributed by atoms with Crippen LogP contribution < -0.4 is 5.56 Å². The van der Waals surface area contributed by atoms with Crippen molar-refractivity contribution in [1.82, 2.24) is 14.9 Å². The van der Waals surface area contributed by atoms with Crippen LogP contribution in [0.15, 0.2) is 29.1 Å². The Bertz CT molecular complexity index is 1070. The number of rotatable bonds is 5. The molecule has 4 rings (SSSR count). The topological polar surface area (TPSA) is 72.8 Å². The summed E-state index contributed by atoms with van der Waals surface area (Å²) >= 11 is 1.68. The molecule has 2 aromatic heterocycles. The lowest BCUT2D eigenvalue weighted by atomic mass is 10.1. The van der Waals surface area contributed by atoms with Gasteiger partial charge in [0.2, 0.25) is 0 Å². The molecule has 6 heteroatoms. The van der Waals surface area contributed by atoms with Crippen molar-refractivity contribution in [3.8, 4) is 6.07 Å². The van der Waals surface area contributed by atoms with Crippen molar-refractivity contribution >= 4 is 21.6 Å². The Kier molecular flexibility index (Phi) is 4.81.